The first kappa shape index (κ1) is 19.3. The van der Waals surface area contributed by atoms with Crippen LogP contribution >= 0.6 is 11.3 Å². The van der Waals surface area contributed by atoms with E-state index in [4.69, 9.17) is 0 Å². The van der Waals surface area contributed by atoms with Crippen molar-refractivity contribution in [1.29, 1.82) is 0 Å². The Hall–Kier alpha value is -1.45. The Balaban J connectivity index is 1.61. The zero-order chi connectivity index (χ0) is 18.7. The average Bonchev–Trinajstić information content (AvgIpc) is 3.09. The third-order valence-corrected chi connectivity index (χ3v) is 8.11. The van der Waals surface area contributed by atoms with Gasteiger partial charge in [0.2, 0.25) is 15.9 Å². The zero-order valence-corrected chi connectivity index (χ0v) is 16.5. The third kappa shape index (κ3) is 4.10. The van der Waals surface area contributed by atoms with Crippen LogP contribution in [-0.4, -0.2) is 51.2 Å². The SMILES string of the molecule is CNC(=O)c1cc(S(=O)(=O)N2CCCC(CNC(=O)C3CCC3)C2)cs1. The van der Waals surface area contributed by atoms with Crippen LogP contribution in [-0.2, 0) is 14.8 Å². The molecule has 1 atom stereocenters. The topological polar surface area (TPSA) is 95.6 Å². The standard InChI is InChI=1S/C17H25N3O4S2/c1-18-17(22)15-8-14(11-25-15)26(23,24)20-7-3-4-12(10-20)9-19-16(21)13-5-2-6-13/h8,11-13H,2-7,9-10H2,1H3,(H,18,22)(H,19,21). The van der Waals surface area contributed by atoms with Crippen molar-refractivity contribution in [3.8, 4) is 0 Å². The molecule has 0 spiro atoms. The summed E-state index contributed by atoms with van der Waals surface area (Å²) >= 11 is 1.13. The second-order valence-corrected chi connectivity index (χ2v) is 9.82. The van der Waals surface area contributed by atoms with Crippen LogP contribution < -0.4 is 10.6 Å². The highest BCUT2D eigenvalue weighted by atomic mass is 32.2. The lowest BCUT2D eigenvalue weighted by molar-refractivity contribution is -0.127. The number of rotatable bonds is 6. The van der Waals surface area contributed by atoms with Crippen molar-refractivity contribution in [1.82, 2.24) is 14.9 Å². The van der Waals surface area contributed by atoms with Gasteiger partial charge in [0.05, 0.1) is 9.77 Å². The quantitative estimate of drug-likeness (QED) is 0.756. The van der Waals surface area contributed by atoms with Crippen LogP contribution in [0, 0.1) is 11.8 Å². The first-order valence-corrected chi connectivity index (χ1v) is 11.3. The van der Waals surface area contributed by atoms with Crippen LogP contribution in [0.1, 0.15) is 41.8 Å². The van der Waals surface area contributed by atoms with E-state index in [-0.39, 0.29) is 28.5 Å². The molecule has 2 amide bonds. The number of hydrogen-bond acceptors (Lipinski definition) is 5. The van der Waals surface area contributed by atoms with E-state index in [2.05, 4.69) is 10.6 Å². The first-order valence-electron chi connectivity index (χ1n) is 9.00. The Morgan fingerprint density at radius 2 is 2.04 bits per heavy atom. The maximum atomic E-state index is 12.9. The summed E-state index contributed by atoms with van der Waals surface area (Å²) in [6.07, 6.45) is 4.72. The number of nitrogens with zero attached hydrogens (tertiary/aromatic N) is 1. The highest BCUT2D eigenvalue weighted by molar-refractivity contribution is 7.89. The van der Waals surface area contributed by atoms with Crippen molar-refractivity contribution < 1.29 is 18.0 Å². The van der Waals surface area contributed by atoms with Crippen LogP contribution in [0.25, 0.3) is 0 Å². The van der Waals surface area contributed by atoms with E-state index in [1.165, 1.54) is 22.8 Å². The molecule has 7 nitrogen and oxygen atoms in total. The van der Waals surface area contributed by atoms with E-state index < -0.39 is 10.0 Å². The number of amides is 2. The van der Waals surface area contributed by atoms with Crippen molar-refractivity contribution in [2.24, 2.45) is 11.8 Å². The van der Waals surface area contributed by atoms with Crippen molar-refractivity contribution >= 4 is 33.2 Å². The maximum absolute atomic E-state index is 12.9. The second kappa shape index (κ2) is 8.06. The van der Waals surface area contributed by atoms with Gasteiger partial charge in [-0.3, -0.25) is 9.59 Å². The van der Waals surface area contributed by atoms with E-state index in [9.17, 15) is 18.0 Å². The van der Waals surface area contributed by atoms with Gasteiger partial charge in [0.25, 0.3) is 5.91 Å². The monoisotopic (exact) mass is 399 g/mol. The first-order chi connectivity index (χ1) is 12.4. The smallest absolute Gasteiger partial charge is 0.261 e. The fourth-order valence-corrected chi connectivity index (χ4v) is 6.08. The molecule has 3 rings (SSSR count). The summed E-state index contributed by atoms with van der Waals surface area (Å²) in [5.74, 6) is 0.0860. The minimum absolute atomic E-state index is 0.101. The molecule has 2 fully saturated rings. The van der Waals surface area contributed by atoms with Gasteiger partial charge < -0.3 is 10.6 Å². The zero-order valence-electron chi connectivity index (χ0n) is 14.9. The molecule has 0 radical (unpaired) electrons. The van der Waals surface area contributed by atoms with Gasteiger partial charge in [-0.15, -0.1) is 11.3 Å². The molecule has 0 bridgehead atoms. The number of hydrogen-bond donors (Lipinski definition) is 2. The number of piperidine rings is 1. The lowest BCUT2D eigenvalue weighted by Gasteiger charge is -2.32. The molecule has 1 saturated heterocycles. The number of nitrogens with one attached hydrogen (secondary N) is 2. The highest BCUT2D eigenvalue weighted by Crippen LogP contribution is 2.28. The van der Waals surface area contributed by atoms with Gasteiger partial charge in [-0.25, -0.2) is 8.42 Å². The molecular weight excluding hydrogens is 374 g/mol. The molecule has 144 valence electrons. The summed E-state index contributed by atoms with van der Waals surface area (Å²) in [5.41, 5.74) is 0. The van der Waals surface area contributed by atoms with Gasteiger partial charge in [-0.1, -0.05) is 6.42 Å². The predicted octanol–water partition coefficient (Wildman–Crippen LogP) is 1.42. The molecule has 1 unspecified atom stereocenters. The molecule has 2 aliphatic rings. The van der Waals surface area contributed by atoms with Crippen molar-refractivity contribution in [2.45, 2.75) is 37.0 Å². The Kier molecular flexibility index (Phi) is 5.99. The van der Waals surface area contributed by atoms with Crippen LogP contribution in [0.15, 0.2) is 16.3 Å². The predicted molar refractivity (Wildman–Crippen MR) is 99.5 cm³/mol. The summed E-state index contributed by atoms with van der Waals surface area (Å²) in [5, 5.41) is 7.00. The van der Waals surface area contributed by atoms with Crippen LogP contribution in [0.5, 0.6) is 0 Å². The Morgan fingerprint density at radius 1 is 1.27 bits per heavy atom. The van der Waals surface area contributed by atoms with Gasteiger partial charge in [0.15, 0.2) is 0 Å². The van der Waals surface area contributed by atoms with Gasteiger partial charge in [-0.2, -0.15) is 4.31 Å². The van der Waals surface area contributed by atoms with Crippen LogP contribution in [0.3, 0.4) is 0 Å². The van der Waals surface area contributed by atoms with Gasteiger partial charge in [-0.05, 0) is 37.7 Å². The lowest BCUT2D eigenvalue weighted by Crippen LogP contribution is -2.45. The molecule has 1 aromatic heterocycles. The molecule has 0 aromatic carbocycles. The maximum Gasteiger partial charge on any atom is 0.261 e. The second-order valence-electron chi connectivity index (χ2n) is 6.97. The van der Waals surface area contributed by atoms with E-state index in [0.29, 0.717) is 24.5 Å². The molecular formula is C17H25N3O4S2. The average molecular weight is 400 g/mol. The molecule has 2 N–H and O–H groups in total. The normalized spacial score (nSPS) is 21.8. The van der Waals surface area contributed by atoms with Crippen molar-refractivity contribution in [2.75, 3.05) is 26.7 Å². The Morgan fingerprint density at radius 3 is 2.69 bits per heavy atom. The highest BCUT2D eigenvalue weighted by Gasteiger charge is 2.32. The van der Waals surface area contributed by atoms with Crippen molar-refractivity contribution in [3.05, 3.63) is 16.3 Å². The molecule has 1 saturated carbocycles. The molecule has 2 heterocycles. The van der Waals surface area contributed by atoms with E-state index >= 15 is 0 Å². The fraction of sp³-hybridized carbons (Fsp3) is 0.647. The van der Waals surface area contributed by atoms with Crippen LogP contribution in [0.2, 0.25) is 0 Å². The summed E-state index contributed by atoms with van der Waals surface area (Å²) < 4.78 is 27.2. The Bertz CT molecular complexity index is 771. The fourth-order valence-electron chi connectivity index (χ4n) is 3.32. The molecule has 9 heteroatoms. The van der Waals surface area contributed by atoms with Gasteiger partial charge in [0, 0.05) is 38.0 Å². The molecule has 1 aliphatic carbocycles. The summed E-state index contributed by atoms with van der Waals surface area (Å²) in [7, 11) is -2.10. The third-order valence-electron chi connectivity index (χ3n) is 5.19. The van der Waals surface area contributed by atoms with E-state index in [0.717, 1.165) is 43.4 Å². The number of carbonyl (C=O) groups excluding carboxylic acids is 2. The minimum atomic E-state index is -3.61. The molecule has 26 heavy (non-hydrogen) atoms. The molecule has 1 aromatic rings. The van der Waals surface area contributed by atoms with Crippen molar-refractivity contribution in [3.63, 3.8) is 0 Å². The number of sulfonamides is 1. The minimum Gasteiger partial charge on any atom is -0.356 e. The van der Waals surface area contributed by atoms with Gasteiger partial charge in [0.1, 0.15) is 0 Å². The van der Waals surface area contributed by atoms with E-state index in [1.54, 1.807) is 0 Å². The lowest BCUT2D eigenvalue weighted by atomic mass is 9.84. The Labute approximate surface area is 158 Å². The van der Waals surface area contributed by atoms with E-state index in [1.807, 2.05) is 0 Å². The number of carbonyl (C=O) groups is 2. The molecule has 1 aliphatic heterocycles. The van der Waals surface area contributed by atoms with Crippen LogP contribution in [0.4, 0.5) is 0 Å². The largest absolute Gasteiger partial charge is 0.356 e. The number of thiophene rings is 1. The van der Waals surface area contributed by atoms with Gasteiger partial charge >= 0.3 is 0 Å². The summed E-state index contributed by atoms with van der Waals surface area (Å²) in [6.45, 7) is 1.40. The summed E-state index contributed by atoms with van der Waals surface area (Å²) in [4.78, 5) is 24.2. The summed E-state index contributed by atoms with van der Waals surface area (Å²) in [6, 6.07) is 1.43.